The van der Waals surface area contributed by atoms with Crippen LogP contribution in [-0.4, -0.2) is 36.9 Å². The Morgan fingerprint density at radius 1 is 1.41 bits per heavy atom. The van der Waals surface area contributed by atoms with E-state index in [1.165, 1.54) is 0 Å². The van der Waals surface area contributed by atoms with Gasteiger partial charge < -0.3 is 15.2 Å². The fourth-order valence-electron chi connectivity index (χ4n) is 2.79. The number of ether oxygens (including phenoxy) is 1. The van der Waals surface area contributed by atoms with Crippen LogP contribution in [0, 0.1) is 5.92 Å². The number of hydrogen-bond donors (Lipinski definition) is 2. The van der Waals surface area contributed by atoms with E-state index in [1.54, 1.807) is 19.2 Å². The van der Waals surface area contributed by atoms with E-state index in [2.05, 4.69) is 5.32 Å². The van der Waals surface area contributed by atoms with Gasteiger partial charge in [-0.15, -0.1) is 0 Å². The van der Waals surface area contributed by atoms with Crippen LogP contribution in [0.15, 0.2) is 18.2 Å². The number of carbonyl (C=O) groups excluding carboxylic acids is 1. The molecule has 122 valence electrons. The molecule has 1 aromatic rings. The Kier molecular flexibility index (Phi) is 6.50. The number of halogens is 2. The zero-order valence-electron chi connectivity index (χ0n) is 12.5. The molecular formula is C16H21Cl2NO3. The second kappa shape index (κ2) is 8.16. The van der Waals surface area contributed by atoms with Crippen LogP contribution in [-0.2, 0) is 16.0 Å². The number of nitrogens with one attached hydrogen (secondary N) is 1. The maximum absolute atomic E-state index is 12.2. The summed E-state index contributed by atoms with van der Waals surface area (Å²) in [6.07, 6.45) is 1.78. The van der Waals surface area contributed by atoms with E-state index in [0.29, 0.717) is 42.3 Å². The number of hydrogen-bond acceptors (Lipinski definition) is 3. The topological polar surface area (TPSA) is 58.6 Å². The molecule has 0 bridgehead atoms. The van der Waals surface area contributed by atoms with Gasteiger partial charge in [0.15, 0.2) is 0 Å². The van der Waals surface area contributed by atoms with Crippen molar-refractivity contribution in [1.29, 1.82) is 0 Å². The van der Waals surface area contributed by atoms with Crippen molar-refractivity contribution in [3.8, 4) is 0 Å². The van der Waals surface area contributed by atoms with Gasteiger partial charge in [0.2, 0.25) is 5.91 Å². The third kappa shape index (κ3) is 4.59. The summed E-state index contributed by atoms with van der Waals surface area (Å²) >= 11 is 12.0. The molecule has 6 heteroatoms. The normalized spacial score (nSPS) is 25.0. The summed E-state index contributed by atoms with van der Waals surface area (Å²) in [7, 11) is 1.57. The summed E-state index contributed by atoms with van der Waals surface area (Å²) in [4.78, 5) is 12.2. The lowest BCUT2D eigenvalue weighted by Crippen LogP contribution is -2.41. The summed E-state index contributed by atoms with van der Waals surface area (Å²) in [5, 5.41) is 13.9. The highest BCUT2D eigenvalue weighted by atomic mass is 35.5. The molecule has 0 radical (unpaired) electrons. The highest BCUT2D eigenvalue weighted by molar-refractivity contribution is 6.35. The summed E-state index contributed by atoms with van der Waals surface area (Å²) < 4.78 is 5.22. The average Bonchev–Trinajstić information content (AvgIpc) is 2.49. The smallest absolute Gasteiger partial charge is 0.223 e. The Labute approximate surface area is 140 Å². The summed E-state index contributed by atoms with van der Waals surface area (Å²) in [5.41, 5.74) is 0.959. The van der Waals surface area contributed by atoms with Gasteiger partial charge in [0.25, 0.3) is 0 Å². The molecule has 0 saturated heterocycles. The van der Waals surface area contributed by atoms with Crippen molar-refractivity contribution in [2.24, 2.45) is 5.92 Å². The largest absolute Gasteiger partial charge is 0.390 e. The maximum atomic E-state index is 12.2. The van der Waals surface area contributed by atoms with Gasteiger partial charge in [-0.2, -0.15) is 0 Å². The molecule has 0 unspecified atom stereocenters. The number of aliphatic hydroxyl groups excluding tert-OH is 1. The van der Waals surface area contributed by atoms with Gasteiger partial charge in [-0.05, 0) is 43.4 Å². The number of aliphatic hydroxyl groups is 1. The lowest BCUT2D eigenvalue weighted by Gasteiger charge is -2.31. The molecule has 22 heavy (non-hydrogen) atoms. The number of rotatable bonds is 5. The minimum atomic E-state index is -0.470. The molecule has 1 saturated carbocycles. The highest BCUT2D eigenvalue weighted by Gasteiger charge is 2.32. The maximum Gasteiger partial charge on any atom is 0.223 e. The average molecular weight is 346 g/mol. The lowest BCUT2D eigenvalue weighted by molar-refractivity contribution is -0.130. The van der Waals surface area contributed by atoms with Crippen LogP contribution >= 0.6 is 23.2 Å². The molecular weight excluding hydrogens is 325 g/mol. The molecule has 0 spiro atoms. The van der Waals surface area contributed by atoms with Crippen LogP contribution in [0.2, 0.25) is 10.0 Å². The van der Waals surface area contributed by atoms with Crippen molar-refractivity contribution in [3.05, 3.63) is 33.8 Å². The zero-order valence-corrected chi connectivity index (χ0v) is 14.0. The summed E-state index contributed by atoms with van der Waals surface area (Å²) in [6, 6.07) is 5.36. The van der Waals surface area contributed by atoms with Gasteiger partial charge in [0, 0.05) is 29.6 Å². The van der Waals surface area contributed by atoms with Crippen LogP contribution in [0.3, 0.4) is 0 Å². The Morgan fingerprint density at radius 2 is 2.18 bits per heavy atom. The van der Waals surface area contributed by atoms with E-state index in [1.807, 2.05) is 6.07 Å². The van der Waals surface area contributed by atoms with Crippen LogP contribution in [0.1, 0.15) is 24.8 Å². The molecule has 2 rings (SSSR count). The zero-order chi connectivity index (χ0) is 16.1. The van der Waals surface area contributed by atoms with Crippen molar-refractivity contribution in [3.63, 3.8) is 0 Å². The first-order chi connectivity index (χ1) is 10.5. The molecule has 1 aromatic carbocycles. The van der Waals surface area contributed by atoms with Crippen LogP contribution in [0.5, 0.6) is 0 Å². The van der Waals surface area contributed by atoms with Gasteiger partial charge in [0.05, 0.1) is 12.2 Å². The molecule has 1 aliphatic rings. The molecule has 1 fully saturated rings. The first-order valence-corrected chi connectivity index (χ1v) is 8.19. The molecule has 1 aliphatic carbocycles. The lowest BCUT2D eigenvalue weighted by atomic mass is 9.84. The van der Waals surface area contributed by atoms with Gasteiger partial charge in [-0.1, -0.05) is 29.3 Å². The van der Waals surface area contributed by atoms with E-state index in [0.717, 1.165) is 5.56 Å². The standard InChI is InChI=1S/C16H21Cl2NO3/c1-22-15-8-11(3-5-14(15)20)16(21)19-7-6-10-2-4-12(17)9-13(10)18/h2,4,9,11,14-15,20H,3,5-8H2,1H3,(H,19,21)/t11-,14+,15-/m1/s1. The third-order valence-corrected chi connectivity index (χ3v) is 4.73. The van der Waals surface area contributed by atoms with Crippen molar-refractivity contribution in [2.45, 2.75) is 37.9 Å². The van der Waals surface area contributed by atoms with Crippen LogP contribution < -0.4 is 5.32 Å². The predicted octanol–water partition coefficient (Wildman–Crippen LogP) is 2.83. The molecule has 0 aliphatic heterocycles. The van der Waals surface area contributed by atoms with E-state index in [-0.39, 0.29) is 17.9 Å². The number of carbonyl (C=O) groups is 1. The van der Waals surface area contributed by atoms with E-state index in [9.17, 15) is 9.90 Å². The fraction of sp³-hybridized carbons (Fsp3) is 0.562. The molecule has 1 amide bonds. The van der Waals surface area contributed by atoms with Crippen LogP contribution in [0.4, 0.5) is 0 Å². The second-order valence-corrected chi connectivity index (χ2v) is 6.47. The Bertz CT molecular complexity index is 524. The van der Waals surface area contributed by atoms with E-state index < -0.39 is 6.10 Å². The molecule has 4 nitrogen and oxygen atoms in total. The highest BCUT2D eigenvalue weighted by Crippen LogP contribution is 2.26. The van der Waals surface area contributed by atoms with E-state index in [4.69, 9.17) is 27.9 Å². The van der Waals surface area contributed by atoms with Crippen molar-refractivity contribution >= 4 is 29.1 Å². The van der Waals surface area contributed by atoms with Gasteiger partial charge in [-0.25, -0.2) is 0 Å². The van der Waals surface area contributed by atoms with Gasteiger partial charge >= 0.3 is 0 Å². The predicted molar refractivity (Wildman–Crippen MR) is 87.3 cm³/mol. The van der Waals surface area contributed by atoms with Crippen LogP contribution in [0.25, 0.3) is 0 Å². The minimum Gasteiger partial charge on any atom is -0.390 e. The Balaban J connectivity index is 1.80. The quantitative estimate of drug-likeness (QED) is 0.862. The monoisotopic (exact) mass is 345 g/mol. The third-order valence-electron chi connectivity index (χ3n) is 4.14. The van der Waals surface area contributed by atoms with Crippen molar-refractivity contribution in [1.82, 2.24) is 5.32 Å². The first kappa shape index (κ1) is 17.5. The SMILES string of the molecule is CO[C@@H]1C[C@H](C(=O)NCCc2ccc(Cl)cc2Cl)CC[C@@H]1O. The molecule has 2 N–H and O–H groups in total. The first-order valence-electron chi connectivity index (χ1n) is 7.43. The van der Waals surface area contributed by atoms with Crippen molar-refractivity contribution < 1.29 is 14.6 Å². The Morgan fingerprint density at radius 3 is 2.86 bits per heavy atom. The fourth-order valence-corrected chi connectivity index (χ4v) is 3.30. The second-order valence-electron chi connectivity index (χ2n) is 5.63. The van der Waals surface area contributed by atoms with Gasteiger partial charge in [0.1, 0.15) is 0 Å². The summed E-state index contributed by atoms with van der Waals surface area (Å²) in [6.45, 7) is 0.525. The number of methoxy groups -OCH3 is 1. The molecule has 0 aromatic heterocycles. The van der Waals surface area contributed by atoms with E-state index >= 15 is 0 Å². The molecule has 3 atom stereocenters. The minimum absolute atomic E-state index is 0.0130. The Hall–Kier alpha value is -0.810. The summed E-state index contributed by atoms with van der Waals surface area (Å²) in [5.74, 6) is -0.0897. The van der Waals surface area contributed by atoms with Crippen molar-refractivity contribution in [2.75, 3.05) is 13.7 Å². The number of amides is 1. The molecule has 0 heterocycles. The van der Waals surface area contributed by atoms with Gasteiger partial charge in [-0.3, -0.25) is 4.79 Å². The number of benzene rings is 1.